The van der Waals surface area contributed by atoms with Crippen LogP contribution in [0.15, 0.2) is 72.7 Å². The van der Waals surface area contributed by atoms with Crippen LogP contribution in [-0.4, -0.2) is 45.5 Å². The first kappa shape index (κ1) is 23.1. The van der Waals surface area contributed by atoms with E-state index in [0.29, 0.717) is 42.6 Å². The molecule has 2 aliphatic heterocycles. The predicted octanol–water partition coefficient (Wildman–Crippen LogP) is 3.84. The lowest BCUT2D eigenvalue weighted by Gasteiger charge is -2.29. The summed E-state index contributed by atoms with van der Waals surface area (Å²) >= 11 is 0. The van der Waals surface area contributed by atoms with Crippen LogP contribution in [0.25, 0.3) is 0 Å². The first-order chi connectivity index (χ1) is 16.4. The molecule has 0 unspecified atom stereocenters. The minimum absolute atomic E-state index is 0.314. The molecule has 1 amide bonds. The molecule has 1 saturated heterocycles. The second-order valence-corrected chi connectivity index (χ2v) is 8.44. The molecule has 8 heteroatoms. The molecule has 1 fully saturated rings. The van der Waals surface area contributed by atoms with E-state index in [1.54, 1.807) is 35.5 Å². The molecule has 2 aromatic heterocycles. The number of nitrogens with one attached hydrogen (secondary N) is 3. The fourth-order valence-corrected chi connectivity index (χ4v) is 4.07. The molecule has 4 rings (SSSR count). The smallest absolute Gasteiger partial charge is 0.274 e. The van der Waals surface area contributed by atoms with Gasteiger partial charge in [0.1, 0.15) is 23.2 Å². The van der Waals surface area contributed by atoms with Gasteiger partial charge < -0.3 is 15.1 Å². The molecular weight excluding hydrogens is 426 g/mol. The highest BCUT2D eigenvalue weighted by Gasteiger charge is 2.21. The van der Waals surface area contributed by atoms with Crippen molar-refractivity contribution < 1.29 is 4.79 Å². The second-order valence-electron chi connectivity index (χ2n) is 8.44. The zero-order valence-electron chi connectivity index (χ0n) is 19.3. The highest BCUT2D eigenvalue weighted by Crippen LogP contribution is 2.23. The molecule has 0 saturated carbocycles. The summed E-state index contributed by atoms with van der Waals surface area (Å²) in [7, 11) is 0. The number of carbonyl (C=O) groups excluding carboxylic acids is 1. The van der Waals surface area contributed by atoms with Gasteiger partial charge in [0.25, 0.3) is 5.91 Å². The number of rotatable bonds is 6. The summed E-state index contributed by atoms with van der Waals surface area (Å²) in [4.78, 5) is 25.4. The van der Waals surface area contributed by atoms with Gasteiger partial charge in [-0.2, -0.15) is 0 Å². The minimum atomic E-state index is -0.314. The number of pyridine rings is 2. The van der Waals surface area contributed by atoms with Crippen molar-refractivity contribution in [2.45, 2.75) is 32.7 Å². The maximum Gasteiger partial charge on any atom is 0.274 e. The van der Waals surface area contributed by atoms with E-state index >= 15 is 0 Å². The van der Waals surface area contributed by atoms with Crippen LogP contribution in [-0.2, 0) is 13.0 Å². The second kappa shape index (κ2) is 10.2. The first-order valence-electron chi connectivity index (χ1n) is 11.4. The molecule has 0 aliphatic carbocycles. The molecule has 4 heterocycles. The molecule has 0 spiro atoms. The fourth-order valence-electron chi connectivity index (χ4n) is 4.07. The Kier molecular flexibility index (Phi) is 6.96. The van der Waals surface area contributed by atoms with Gasteiger partial charge in [0.15, 0.2) is 0 Å². The molecular formula is C26H29N7O. The molecule has 0 aromatic carbocycles. The van der Waals surface area contributed by atoms with Crippen LogP contribution in [0.5, 0.6) is 0 Å². The number of fused-ring (bicyclic) bond motifs is 1. The van der Waals surface area contributed by atoms with Crippen molar-refractivity contribution in [1.82, 2.24) is 20.2 Å². The van der Waals surface area contributed by atoms with Crippen molar-refractivity contribution in [3.05, 3.63) is 89.6 Å². The average molecular weight is 456 g/mol. The summed E-state index contributed by atoms with van der Waals surface area (Å²) in [5.41, 5.74) is 3.75. The van der Waals surface area contributed by atoms with Gasteiger partial charge in [-0.05, 0) is 60.7 Å². The maximum atomic E-state index is 12.7. The quantitative estimate of drug-likeness (QED) is 0.348. The SMILES string of the molecule is C=C(/C=C\C=C(/C)C(=N)N1CCCC1=N)NC(=O)c1cc2c(cn1)CCN(c1ccccn1)C2. The Bertz CT molecular complexity index is 1180. The molecule has 2 aliphatic rings. The summed E-state index contributed by atoms with van der Waals surface area (Å²) in [6.45, 7) is 7.99. The molecule has 0 atom stereocenters. The van der Waals surface area contributed by atoms with Crippen LogP contribution in [0.2, 0.25) is 0 Å². The number of likely N-dealkylation sites (tertiary alicyclic amines) is 1. The van der Waals surface area contributed by atoms with Crippen molar-refractivity contribution in [2.24, 2.45) is 0 Å². The van der Waals surface area contributed by atoms with Crippen molar-refractivity contribution in [3.8, 4) is 0 Å². The Labute approximate surface area is 199 Å². The topological polar surface area (TPSA) is 109 Å². The molecule has 174 valence electrons. The normalized spacial score (nSPS) is 16.0. The zero-order chi connectivity index (χ0) is 24.1. The van der Waals surface area contributed by atoms with E-state index in [9.17, 15) is 4.79 Å². The minimum Gasteiger partial charge on any atom is -0.352 e. The Morgan fingerprint density at radius 1 is 1.21 bits per heavy atom. The van der Waals surface area contributed by atoms with Gasteiger partial charge in [-0.25, -0.2) is 4.98 Å². The number of allylic oxidation sites excluding steroid dienone is 3. The number of carbonyl (C=O) groups is 1. The number of aromatic nitrogens is 2. The van der Waals surface area contributed by atoms with Gasteiger partial charge in [0, 0.05) is 44.1 Å². The number of amidine groups is 2. The summed E-state index contributed by atoms with van der Waals surface area (Å²) in [5.74, 6) is 1.43. The summed E-state index contributed by atoms with van der Waals surface area (Å²) in [5, 5.41) is 18.9. The third-order valence-corrected chi connectivity index (χ3v) is 5.98. The molecule has 2 aromatic rings. The zero-order valence-corrected chi connectivity index (χ0v) is 19.3. The van der Waals surface area contributed by atoms with Crippen molar-refractivity contribution in [3.63, 3.8) is 0 Å². The van der Waals surface area contributed by atoms with Crippen LogP contribution in [0, 0.1) is 10.8 Å². The van der Waals surface area contributed by atoms with Gasteiger partial charge in [-0.1, -0.05) is 24.8 Å². The maximum absolute atomic E-state index is 12.7. The van der Waals surface area contributed by atoms with Gasteiger partial charge in [0.05, 0.1) is 0 Å². The summed E-state index contributed by atoms with van der Waals surface area (Å²) < 4.78 is 0. The lowest BCUT2D eigenvalue weighted by molar-refractivity contribution is 0.0962. The standard InChI is InChI=1S/C26H29N7O/c1-18(25(28)33-13-6-9-23(33)27)7-5-8-19(2)31-26(34)22-15-21-17-32(14-11-20(21)16-30-22)24-10-3-4-12-29-24/h3-5,7-8,10,12,15-16,27-28H,2,6,9,11,13-14,17H2,1H3,(H,31,34)/b8-5-,18-7+,27-23?,28-25?. The molecule has 8 nitrogen and oxygen atoms in total. The first-order valence-corrected chi connectivity index (χ1v) is 11.4. The Balaban J connectivity index is 1.36. The van der Waals surface area contributed by atoms with E-state index in [1.807, 2.05) is 31.2 Å². The van der Waals surface area contributed by atoms with Crippen LogP contribution in [0.4, 0.5) is 5.82 Å². The van der Waals surface area contributed by atoms with Crippen molar-refractivity contribution in [1.29, 1.82) is 10.8 Å². The molecule has 34 heavy (non-hydrogen) atoms. The largest absolute Gasteiger partial charge is 0.352 e. The lowest BCUT2D eigenvalue weighted by Crippen LogP contribution is -2.32. The number of anilines is 1. The van der Waals surface area contributed by atoms with Crippen LogP contribution in [0.1, 0.15) is 41.4 Å². The Morgan fingerprint density at radius 3 is 2.79 bits per heavy atom. The number of hydrogen-bond acceptors (Lipinski definition) is 6. The van der Waals surface area contributed by atoms with Crippen LogP contribution in [0.3, 0.4) is 0 Å². The summed E-state index contributed by atoms with van der Waals surface area (Å²) in [6.07, 6.45) is 11.3. The van der Waals surface area contributed by atoms with E-state index in [1.165, 1.54) is 0 Å². The van der Waals surface area contributed by atoms with E-state index in [4.69, 9.17) is 10.8 Å². The average Bonchev–Trinajstić information content (AvgIpc) is 3.29. The summed E-state index contributed by atoms with van der Waals surface area (Å²) in [6, 6.07) is 7.70. The van der Waals surface area contributed by atoms with Gasteiger partial charge in [0.2, 0.25) is 0 Å². The highest BCUT2D eigenvalue weighted by atomic mass is 16.1. The number of nitrogens with zero attached hydrogens (tertiary/aromatic N) is 4. The van der Waals surface area contributed by atoms with Crippen LogP contribution < -0.4 is 10.2 Å². The third kappa shape index (κ3) is 5.28. The Hall–Kier alpha value is -4.07. The monoisotopic (exact) mass is 455 g/mol. The highest BCUT2D eigenvalue weighted by molar-refractivity contribution is 6.07. The van der Waals surface area contributed by atoms with E-state index in [0.717, 1.165) is 41.9 Å². The van der Waals surface area contributed by atoms with E-state index in [-0.39, 0.29) is 5.91 Å². The van der Waals surface area contributed by atoms with Crippen molar-refractivity contribution >= 4 is 23.4 Å². The van der Waals surface area contributed by atoms with E-state index in [2.05, 4.69) is 26.8 Å². The number of hydrogen-bond donors (Lipinski definition) is 3. The van der Waals surface area contributed by atoms with Gasteiger partial charge in [-0.3, -0.25) is 20.6 Å². The van der Waals surface area contributed by atoms with Crippen molar-refractivity contribution in [2.75, 3.05) is 18.0 Å². The molecule has 3 N–H and O–H groups in total. The van der Waals surface area contributed by atoms with E-state index < -0.39 is 0 Å². The Morgan fingerprint density at radius 2 is 2.06 bits per heavy atom. The lowest BCUT2D eigenvalue weighted by atomic mass is 10.0. The van der Waals surface area contributed by atoms with Crippen LogP contribution >= 0.6 is 0 Å². The van der Waals surface area contributed by atoms with Gasteiger partial charge >= 0.3 is 0 Å². The molecule has 0 radical (unpaired) electrons. The predicted molar refractivity (Wildman–Crippen MR) is 134 cm³/mol. The van der Waals surface area contributed by atoms with Gasteiger partial charge in [-0.15, -0.1) is 0 Å². The third-order valence-electron chi connectivity index (χ3n) is 5.98. The number of amides is 1. The fraction of sp³-hybridized carbons (Fsp3) is 0.269. The molecule has 0 bridgehead atoms.